The Bertz CT molecular complexity index is 1170. The Labute approximate surface area is 255 Å². The van der Waals surface area contributed by atoms with Gasteiger partial charge in [-0.3, -0.25) is 4.18 Å². The van der Waals surface area contributed by atoms with Crippen LogP contribution in [-0.4, -0.2) is 95.1 Å². The Morgan fingerprint density at radius 3 is 2.45 bits per heavy atom. The van der Waals surface area contributed by atoms with E-state index in [1.165, 1.54) is 6.42 Å². The number of nitrogens with zero attached hydrogens (tertiary/aromatic N) is 1. The summed E-state index contributed by atoms with van der Waals surface area (Å²) in [5.41, 5.74) is 0.287. The molecule has 3 N–H and O–H groups in total. The summed E-state index contributed by atoms with van der Waals surface area (Å²) in [6, 6.07) is 7.90. The molecule has 0 radical (unpaired) electrons. The van der Waals surface area contributed by atoms with E-state index in [0.717, 1.165) is 37.1 Å². The second-order valence-corrected chi connectivity index (χ2v) is 13.6. The second kappa shape index (κ2) is 13.1. The SMILES string of the molecule is CC1(C)O[C@@H]2[C@@H](CO[C@@]3(COS(N)(=O)=O)OC(C)(C)O[C@@H]23)O1.COc1cccc([C@@]2(O)CCCC[C@@H]2CN(C)C)c1.Cl. The number of fused-ring (bicyclic) bond motifs is 3. The fraction of sp³-hybridized carbons (Fsp3) is 0.786. The number of halogens is 1. The van der Waals surface area contributed by atoms with Crippen molar-refractivity contribution in [1.82, 2.24) is 4.90 Å². The molecular formula is C28H47ClN2O10S. The fourth-order valence-electron chi connectivity index (χ4n) is 6.30. The molecule has 6 atom stereocenters. The molecule has 0 amide bonds. The molecule has 12 nitrogen and oxygen atoms in total. The first kappa shape index (κ1) is 35.4. The van der Waals surface area contributed by atoms with E-state index >= 15 is 0 Å². The lowest BCUT2D eigenvalue weighted by Gasteiger charge is -2.41. The van der Waals surface area contributed by atoms with Crippen LogP contribution in [-0.2, 0) is 43.8 Å². The van der Waals surface area contributed by atoms with Gasteiger partial charge in [0.1, 0.15) is 30.7 Å². The lowest BCUT2D eigenvalue weighted by Crippen LogP contribution is -2.60. The maximum absolute atomic E-state index is 11.2. The summed E-state index contributed by atoms with van der Waals surface area (Å²) in [6.45, 7) is 7.63. The average molecular weight is 639 g/mol. The standard InChI is InChI=1S/C16H25NO2.C12H21NO8S.ClH/c1-17(2)12-14-7-4-5-10-16(14,18)13-8-6-9-15(11-13)19-3;1-10(2)18-7-5-16-12(6-17-22(13,14)15)9(8(7)19-10)20-11(3,4)21-12;/h6,8-9,11,14,18H,4-5,7,10,12H2,1-3H3;7-9H,5-6H2,1-4H3,(H2,13,14,15);1H/t14-,16+;7-,8-,9+,12+;/m11./s1. The van der Waals surface area contributed by atoms with Gasteiger partial charge >= 0.3 is 10.3 Å². The van der Waals surface area contributed by atoms with Crippen LogP contribution in [0.5, 0.6) is 5.75 Å². The van der Waals surface area contributed by atoms with Crippen molar-refractivity contribution in [2.45, 2.75) is 94.7 Å². The Balaban J connectivity index is 0.000000228. The highest BCUT2D eigenvalue weighted by Crippen LogP contribution is 2.47. The van der Waals surface area contributed by atoms with Gasteiger partial charge in [-0.2, -0.15) is 8.42 Å². The molecule has 0 unspecified atom stereocenters. The molecule has 1 aromatic carbocycles. The van der Waals surface area contributed by atoms with Gasteiger partial charge in [0.05, 0.1) is 19.3 Å². The molecule has 4 aliphatic rings. The number of ether oxygens (including phenoxy) is 6. The quantitative estimate of drug-likeness (QED) is 0.454. The summed E-state index contributed by atoms with van der Waals surface area (Å²) < 4.78 is 61.2. The number of aliphatic hydroxyl groups is 1. The molecule has 42 heavy (non-hydrogen) atoms. The molecule has 3 aliphatic heterocycles. The topological polar surface area (TPSA) is 148 Å². The van der Waals surface area contributed by atoms with E-state index in [4.69, 9.17) is 37.7 Å². The first-order chi connectivity index (χ1) is 19.0. The minimum atomic E-state index is -4.14. The van der Waals surface area contributed by atoms with Crippen LogP contribution in [0.3, 0.4) is 0 Å². The third-order valence-corrected chi connectivity index (χ3v) is 8.34. The van der Waals surface area contributed by atoms with Gasteiger partial charge < -0.3 is 38.4 Å². The van der Waals surface area contributed by atoms with E-state index in [9.17, 15) is 13.5 Å². The van der Waals surface area contributed by atoms with E-state index in [1.54, 1.807) is 34.8 Å². The Morgan fingerprint density at radius 2 is 1.81 bits per heavy atom. The van der Waals surface area contributed by atoms with Gasteiger partial charge in [-0.1, -0.05) is 25.0 Å². The number of methoxy groups -OCH3 is 1. The van der Waals surface area contributed by atoms with Crippen molar-refractivity contribution in [3.63, 3.8) is 0 Å². The van der Waals surface area contributed by atoms with Crippen LogP contribution in [0.15, 0.2) is 24.3 Å². The van der Waals surface area contributed by atoms with Crippen molar-refractivity contribution < 1.29 is 46.1 Å². The van der Waals surface area contributed by atoms with Gasteiger partial charge in [0.2, 0.25) is 5.79 Å². The van der Waals surface area contributed by atoms with Gasteiger partial charge in [0, 0.05) is 12.5 Å². The van der Waals surface area contributed by atoms with Crippen LogP contribution in [0.1, 0.15) is 58.9 Å². The third kappa shape index (κ3) is 8.13. The van der Waals surface area contributed by atoms with Gasteiger partial charge in [-0.05, 0) is 72.3 Å². The summed E-state index contributed by atoms with van der Waals surface area (Å²) in [5.74, 6) is -2.08. The zero-order valence-electron chi connectivity index (χ0n) is 25.5. The summed E-state index contributed by atoms with van der Waals surface area (Å²) >= 11 is 0. The normalized spacial score (nSPS) is 34.9. The molecule has 0 spiro atoms. The third-order valence-electron chi connectivity index (χ3n) is 7.89. The second-order valence-electron chi connectivity index (χ2n) is 12.4. The molecular weight excluding hydrogens is 592 g/mol. The summed E-state index contributed by atoms with van der Waals surface area (Å²) in [5, 5.41) is 16.1. The monoisotopic (exact) mass is 638 g/mol. The van der Waals surface area contributed by atoms with Crippen LogP contribution in [0, 0.1) is 5.92 Å². The number of hydrogen-bond donors (Lipinski definition) is 2. The van der Waals surface area contributed by atoms with Gasteiger partial charge in [-0.25, -0.2) is 5.14 Å². The maximum atomic E-state index is 11.2. The lowest BCUT2D eigenvalue weighted by atomic mass is 9.71. The van der Waals surface area contributed by atoms with Crippen LogP contribution in [0.25, 0.3) is 0 Å². The van der Waals surface area contributed by atoms with E-state index in [-0.39, 0.29) is 25.1 Å². The predicted molar refractivity (Wildman–Crippen MR) is 156 cm³/mol. The summed E-state index contributed by atoms with van der Waals surface area (Å²) in [4.78, 5) is 2.17. The highest BCUT2D eigenvalue weighted by Gasteiger charge is 2.65. The molecule has 4 fully saturated rings. The minimum absolute atomic E-state index is 0. The Kier molecular flexibility index (Phi) is 11.0. The Hall–Kier alpha value is -1.10. The fourth-order valence-corrected chi connectivity index (χ4v) is 6.62. The van der Waals surface area contributed by atoms with Gasteiger partial charge in [-0.15, -0.1) is 12.4 Å². The summed E-state index contributed by atoms with van der Waals surface area (Å²) in [7, 11) is 1.67. The first-order valence-corrected chi connectivity index (χ1v) is 15.5. The zero-order valence-corrected chi connectivity index (χ0v) is 27.2. The largest absolute Gasteiger partial charge is 0.497 e. The molecule has 3 saturated heterocycles. The zero-order chi connectivity index (χ0) is 30.3. The van der Waals surface area contributed by atoms with Crippen molar-refractivity contribution in [1.29, 1.82) is 0 Å². The molecule has 0 aromatic heterocycles. The van der Waals surface area contributed by atoms with Crippen molar-refractivity contribution in [3.8, 4) is 5.75 Å². The predicted octanol–water partition coefficient (Wildman–Crippen LogP) is 2.66. The molecule has 1 aromatic rings. The molecule has 0 bridgehead atoms. The van der Waals surface area contributed by atoms with E-state index in [0.29, 0.717) is 5.92 Å². The highest BCUT2D eigenvalue weighted by molar-refractivity contribution is 7.84. The van der Waals surface area contributed by atoms with Crippen LogP contribution < -0.4 is 9.88 Å². The van der Waals surface area contributed by atoms with Crippen LogP contribution in [0.4, 0.5) is 0 Å². The molecule has 1 aliphatic carbocycles. The van der Waals surface area contributed by atoms with E-state index in [1.807, 2.05) is 24.3 Å². The smallest absolute Gasteiger partial charge is 0.333 e. The molecule has 242 valence electrons. The van der Waals surface area contributed by atoms with Crippen molar-refractivity contribution in [2.75, 3.05) is 41.0 Å². The number of hydrogen-bond acceptors (Lipinski definition) is 11. The first-order valence-electron chi connectivity index (χ1n) is 14.0. The van der Waals surface area contributed by atoms with Gasteiger partial charge in [0.25, 0.3) is 0 Å². The number of rotatable bonds is 7. The lowest BCUT2D eigenvalue weighted by molar-refractivity contribution is -0.290. The van der Waals surface area contributed by atoms with E-state index in [2.05, 4.69) is 19.0 Å². The van der Waals surface area contributed by atoms with Crippen molar-refractivity contribution in [3.05, 3.63) is 29.8 Å². The van der Waals surface area contributed by atoms with Crippen LogP contribution >= 0.6 is 12.4 Å². The maximum Gasteiger partial charge on any atom is 0.333 e. The van der Waals surface area contributed by atoms with Crippen molar-refractivity contribution >= 4 is 22.7 Å². The molecule has 14 heteroatoms. The number of nitrogens with two attached hydrogens (primary N) is 1. The average Bonchev–Trinajstić information content (AvgIpc) is 3.35. The highest BCUT2D eigenvalue weighted by atomic mass is 35.5. The van der Waals surface area contributed by atoms with Crippen LogP contribution in [0.2, 0.25) is 0 Å². The minimum Gasteiger partial charge on any atom is -0.497 e. The Morgan fingerprint density at radius 1 is 1.10 bits per heavy atom. The van der Waals surface area contributed by atoms with Crippen molar-refractivity contribution in [2.24, 2.45) is 11.1 Å². The summed E-state index contributed by atoms with van der Waals surface area (Å²) in [6.07, 6.45) is 2.74. The molecule has 5 rings (SSSR count). The molecule has 1 saturated carbocycles. The molecule has 3 heterocycles. The van der Waals surface area contributed by atoms with E-state index < -0.39 is 52.1 Å². The van der Waals surface area contributed by atoms with Gasteiger partial charge in [0.15, 0.2) is 11.6 Å². The number of benzene rings is 1.